The van der Waals surface area contributed by atoms with Crippen molar-refractivity contribution in [3.8, 4) is 0 Å². The Morgan fingerprint density at radius 2 is 2.40 bits per heavy atom. The van der Waals surface area contributed by atoms with E-state index in [2.05, 4.69) is 22.2 Å². The molecule has 6 nitrogen and oxygen atoms in total. The summed E-state index contributed by atoms with van der Waals surface area (Å²) in [5.41, 5.74) is 4.20. The molecule has 0 amide bonds. The first-order chi connectivity index (χ1) is 12.1. The molecule has 0 aliphatic carbocycles. The molecule has 0 fully saturated rings. The summed E-state index contributed by atoms with van der Waals surface area (Å²) in [7, 11) is 0. The Labute approximate surface area is 149 Å². The third-order valence-electron chi connectivity index (χ3n) is 4.99. The smallest absolute Gasteiger partial charge is 0.326 e. The predicted octanol–water partition coefficient (Wildman–Crippen LogP) is 2.20. The first-order valence-corrected chi connectivity index (χ1v) is 9.54. The van der Waals surface area contributed by atoms with Crippen molar-refractivity contribution in [1.29, 1.82) is 0 Å². The van der Waals surface area contributed by atoms with Gasteiger partial charge < -0.3 is 15.4 Å². The molecule has 3 N–H and O–H groups in total. The van der Waals surface area contributed by atoms with Gasteiger partial charge in [0, 0.05) is 35.3 Å². The monoisotopic (exact) mass is 358 g/mol. The molecule has 0 bridgehead atoms. The fourth-order valence-corrected chi connectivity index (χ4v) is 4.30. The van der Waals surface area contributed by atoms with Crippen LogP contribution in [0.5, 0.6) is 0 Å². The van der Waals surface area contributed by atoms with Gasteiger partial charge in [0.2, 0.25) is 0 Å². The summed E-state index contributed by atoms with van der Waals surface area (Å²) in [5, 5.41) is 14.5. The number of aromatic amines is 1. The van der Waals surface area contributed by atoms with Crippen LogP contribution < -0.4 is 11.0 Å². The van der Waals surface area contributed by atoms with E-state index in [4.69, 9.17) is 0 Å². The topological polar surface area (TPSA) is 82.9 Å². The van der Waals surface area contributed by atoms with Crippen LogP contribution in [0, 0.1) is 0 Å². The van der Waals surface area contributed by atoms with Crippen LogP contribution in [0.3, 0.4) is 0 Å². The van der Waals surface area contributed by atoms with E-state index in [9.17, 15) is 9.90 Å². The van der Waals surface area contributed by atoms with Crippen molar-refractivity contribution in [2.75, 3.05) is 0 Å². The molecule has 2 aromatic heterocycles. The van der Waals surface area contributed by atoms with Crippen LogP contribution in [-0.2, 0) is 13.0 Å². The molecule has 1 aromatic carbocycles. The molecule has 0 spiro atoms. The largest absolute Gasteiger partial charge is 0.387 e. The number of benzene rings is 1. The lowest BCUT2D eigenvalue weighted by atomic mass is 9.98. The minimum absolute atomic E-state index is 0.0682. The number of aromatic nitrogens is 3. The quantitative estimate of drug-likeness (QED) is 0.653. The van der Waals surface area contributed by atoms with Crippen LogP contribution in [0.25, 0.3) is 11.0 Å². The molecule has 1 aliphatic heterocycles. The molecule has 1 aliphatic rings. The maximum absolute atomic E-state index is 12.2. The number of hydrogen-bond acceptors (Lipinski definition) is 5. The van der Waals surface area contributed by atoms with E-state index in [1.807, 2.05) is 29.9 Å². The lowest BCUT2D eigenvalue weighted by Gasteiger charge is -2.26. The Bertz CT molecular complexity index is 915. The lowest BCUT2D eigenvalue weighted by Crippen LogP contribution is -2.41. The van der Waals surface area contributed by atoms with E-state index in [1.165, 1.54) is 4.88 Å². The van der Waals surface area contributed by atoms with Crippen LogP contribution in [0.1, 0.15) is 36.3 Å². The molecular weight excluding hydrogens is 336 g/mol. The van der Waals surface area contributed by atoms with Crippen molar-refractivity contribution in [1.82, 2.24) is 19.9 Å². The van der Waals surface area contributed by atoms with E-state index >= 15 is 0 Å². The Balaban J connectivity index is 1.51. The lowest BCUT2D eigenvalue weighted by molar-refractivity contribution is 0.119. The van der Waals surface area contributed by atoms with Gasteiger partial charge in [-0.1, -0.05) is 12.1 Å². The third kappa shape index (κ3) is 3.15. The zero-order valence-corrected chi connectivity index (χ0v) is 14.9. The average molecular weight is 358 g/mol. The van der Waals surface area contributed by atoms with E-state index in [0.29, 0.717) is 13.0 Å². The molecule has 3 atom stereocenters. The Kier molecular flexibility index (Phi) is 4.45. The summed E-state index contributed by atoms with van der Waals surface area (Å²) in [6.45, 7) is 2.75. The number of thiazole rings is 1. The number of hydrogen-bond donors (Lipinski definition) is 3. The SMILES string of the molecule is CC(CCc1cncs1)NC1CCn2c(=O)[nH]c3cccc(c32)C1O. The molecule has 132 valence electrons. The Morgan fingerprint density at radius 1 is 1.52 bits per heavy atom. The molecule has 3 aromatic rings. The summed E-state index contributed by atoms with van der Waals surface area (Å²) >= 11 is 1.68. The van der Waals surface area contributed by atoms with Gasteiger partial charge in [-0.2, -0.15) is 0 Å². The molecule has 3 unspecified atom stereocenters. The van der Waals surface area contributed by atoms with Gasteiger partial charge in [0.15, 0.2) is 0 Å². The second-order valence-corrected chi connectivity index (χ2v) is 7.71. The number of aryl methyl sites for hydroxylation is 2. The highest BCUT2D eigenvalue weighted by molar-refractivity contribution is 7.09. The van der Waals surface area contributed by atoms with E-state index in [1.54, 1.807) is 15.9 Å². The fraction of sp³-hybridized carbons (Fsp3) is 0.444. The van der Waals surface area contributed by atoms with Gasteiger partial charge in [-0.15, -0.1) is 11.3 Å². The highest BCUT2D eigenvalue weighted by atomic mass is 32.1. The van der Waals surface area contributed by atoms with Gasteiger partial charge in [0.05, 0.1) is 22.6 Å². The van der Waals surface area contributed by atoms with Crippen molar-refractivity contribution in [2.24, 2.45) is 0 Å². The Hall–Kier alpha value is -1.96. The first kappa shape index (κ1) is 16.5. The number of aliphatic hydroxyl groups excluding tert-OH is 1. The molecule has 7 heteroatoms. The molecule has 0 saturated carbocycles. The van der Waals surface area contributed by atoms with E-state index < -0.39 is 6.10 Å². The van der Waals surface area contributed by atoms with Crippen molar-refractivity contribution < 1.29 is 5.11 Å². The number of nitrogens with zero attached hydrogens (tertiary/aromatic N) is 2. The Morgan fingerprint density at radius 3 is 3.20 bits per heavy atom. The third-order valence-corrected chi connectivity index (χ3v) is 5.83. The maximum atomic E-state index is 12.2. The summed E-state index contributed by atoms with van der Waals surface area (Å²) < 4.78 is 1.75. The molecule has 25 heavy (non-hydrogen) atoms. The second-order valence-electron chi connectivity index (χ2n) is 6.74. The molecule has 0 radical (unpaired) electrons. The normalized spacial score (nSPS) is 21.4. The predicted molar refractivity (Wildman–Crippen MR) is 99.0 cm³/mol. The number of H-pyrrole nitrogens is 1. The average Bonchev–Trinajstić information content (AvgIpc) is 3.19. The fourth-order valence-electron chi connectivity index (χ4n) is 3.69. The van der Waals surface area contributed by atoms with Crippen molar-refractivity contribution in [3.63, 3.8) is 0 Å². The van der Waals surface area contributed by atoms with Gasteiger partial charge in [-0.3, -0.25) is 9.55 Å². The number of nitrogens with one attached hydrogen (secondary N) is 2. The summed E-state index contributed by atoms with van der Waals surface area (Å²) in [5.74, 6) is 0. The summed E-state index contributed by atoms with van der Waals surface area (Å²) in [6, 6.07) is 5.89. The maximum Gasteiger partial charge on any atom is 0.326 e. The van der Waals surface area contributed by atoms with Gasteiger partial charge >= 0.3 is 5.69 Å². The van der Waals surface area contributed by atoms with E-state index in [-0.39, 0.29) is 17.8 Å². The van der Waals surface area contributed by atoms with E-state index in [0.717, 1.165) is 29.4 Å². The van der Waals surface area contributed by atoms with Gasteiger partial charge in [-0.05, 0) is 32.3 Å². The van der Waals surface area contributed by atoms with Crippen LogP contribution in [0.15, 0.2) is 34.7 Å². The number of aliphatic hydroxyl groups is 1. The minimum atomic E-state index is -0.626. The molecule has 3 heterocycles. The van der Waals surface area contributed by atoms with Crippen LogP contribution in [0.2, 0.25) is 0 Å². The van der Waals surface area contributed by atoms with Crippen molar-refractivity contribution >= 4 is 22.4 Å². The molecule has 0 saturated heterocycles. The van der Waals surface area contributed by atoms with Gasteiger partial charge in [0.25, 0.3) is 0 Å². The number of para-hydroxylation sites is 1. The minimum Gasteiger partial charge on any atom is -0.387 e. The van der Waals surface area contributed by atoms with Gasteiger partial charge in [-0.25, -0.2) is 4.79 Å². The van der Waals surface area contributed by atoms with Crippen LogP contribution in [-0.4, -0.2) is 31.7 Å². The van der Waals surface area contributed by atoms with Crippen LogP contribution >= 0.6 is 11.3 Å². The van der Waals surface area contributed by atoms with Crippen molar-refractivity contribution in [3.05, 3.63) is 50.8 Å². The highest BCUT2D eigenvalue weighted by Gasteiger charge is 2.29. The number of rotatable bonds is 5. The zero-order chi connectivity index (χ0) is 17.4. The first-order valence-electron chi connectivity index (χ1n) is 8.66. The zero-order valence-electron chi connectivity index (χ0n) is 14.1. The van der Waals surface area contributed by atoms with Gasteiger partial charge in [0.1, 0.15) is 0 Å². The van der Waals surface area contributed by atoms with Crippen molar-refractivity contribution in [2.45, 2.75) is 50.9 Å². The standard InChI is InChI=1S/C18H22N4O2S/c1-11(5-6-12-9-19-10-25-12)20-15-7-8-22-16-13(17(15)23)3-2-4-14(16)21-18(22)24/h2-4,9-11,15,17,20,23H,5-8H2,1H3,(H,21,24). The highest BCUT2D eigenvalue weighted by Crippen LogP contribution is 2.30. The second kappa shape index (κ2) is 6.74. The molecular formula is C18H22N4O2S. The summed E-state index contributed by atoms with van der Waals surface area (Å²) in [4.78, 5) is 20.4. The number of imidazole rings is 1. The van der Waals surface area contributed by atoms with Crippen LogP contribution in [0.4, 0.5) is 0 Å². The summed E-state index contributed by atoms with van der Waals surface area (Å²) in [6.07, 6.45) is 3.98. The molecule has 4 rings (SSSR count).